The number of rotatable bonds is 5. The summed E-state index contributed by atoms with van der Waals surface area (Å²) in [5.41, 5.74) is 2.58. The van der Waals surface area contributed by atoms with Gasteiger partial charge < -0.3 is 10.1 Å². The molecule has 1 heterocycles. The number of ether oxygens (including phenoxy) is 1. The van der Waals surface area contributed by atoms with Crippen LogP contribution in [0.2, 0.25) is 0 Å². The second-order valence-corrected chi connectivity index (χ2v) is 5.12. The Hall–Kier alpha value is -1.35. The fraction of sp³-hybridized carbons (Fsp3) is 0.562. The van der Waals surface area contributed by atoms with E-state index in [1.165, 1.54) is 11.1 Å². The maximum absolute atomic E-state index is 11.9. The van der Waals surface area contributed by atoms with Crippen molar-refractivity contribution in [3.05, 3.63) is 35.4 Å². The highest BCUT2D eigenvalue weighted by Gasteiger charge is 2.15. The zero-order valence-corrected chi connectivity index (χ0v) is 11.7. The quantitative estimate of drug-likeness (QED) is 0.884. The number of carbonyl (C=O) groups excluding carboxylic acids is 1. The molecule has 0 aromatic heterocycles. The van der Waals surface area contributed by atoms with E-state index in [9.17, 15) is 4.79 Å². The second-order valence-electron chi connectivity index (χ2n) is 5.12. The van der Waals surface area contributed by atoms with Crippen LogP contribution in [0.3, 0.4) is 0 Å². The van der Waals surface area contributed by atoms with Crippen LogP contribution in [0.1, 0.15) is 37.3 Å². The van der Waals surface area contributed by atoms with Gasteiger partial charge in [0.15, 0.2) is 0 Å². The van der Waals surface area contributed by atoms with Crippen LogP contribution in [0.4, 0.5) is 0 Å². The van der Waals surface area contributed by atoms with Crippen molar-refractivity contribution >= 4 is 5.91 Å². The molecule has 0 radical (unpaired) electrons. The van der Waals surface area contributed by atoms with Gasteiger partial charge in [0.2, 0.25) is 5.91 Å². The summed E-state index contributed by atoms with van der Waals surface area (Å²) in [4.78, 5) is 11.9. The lowest BCUT2D eigenvalue weighted by atomic mass is 10.1. The summed E-state index contributed by atoms with van der Waals surface area (Å²) in [7, 11) is 0. The van der Waals surface area contributed by atoms with E-state index in [2.05, 4.69) is 36.5 Å². The minimum atomic E-state index is 0.159. The first-order valence-electron chi connectivity index (χ1n) is 7.23. The van der Waals surface area contributed by atoms with E-state index in [-0.39, 0.29) is 5.91 Å². The van der Waals surface area contributed by atoms with E-state index in [1.54, 1.807) is 0 Å². The molecule has 1 aliphatic rings. The lowest BCUT2D eigenvalue weighted by Gasteiger charge is -2.23. The Balaban J connectivity index is 1.72. The number of carbonyl (C=O) groups is 1. The normalized spacial score (nSPS) is 16.3. The van der Waals surface area contributed by atoms with Gasteiger partial charge in [0.1, 0.15) is 0 Å². The Kier molecular flexibility index (Phi) is 5.40. The molecule has 0 atom stereocenters. The molecule has 0 unspecified atom stereocenters. The van der Waals surface area contributed by atoms with Crippen molar-refractivity contribution in [3.8, 4) is 0 Å². The van der Waals surface area contributed by atoms with Crippen LogP contribution in [0, 0.1) is 0 Å². The third-order valence-corrected chi connectivity index (χ3v) is 3.66. The van der Waals surface area contributed by atoms with E-state index in [4.69, 9.17) is 4.74 Å². The molecule has 1 aliphatic heterocycles. The first-order chi connectivity index (χ1) is 9.28. The first-order valence-corrected chi connectivity index (χ1v) is 7.23. The number of hydrogen-bond donors (Lipinski definition) is 1. The Bertz CT molecular complexity index is 394. The maximum Gasteiger partial charge on any atom is 0.220 e. The Morgan fingerprint density at radius 2 is 1.84 bits per heavy atom. The second kappa shape index (κ2) is 7.29. The van der Waals surface area contributed by atoms with E-state index >= 15 is 0 Å². The van der Waals surface area contributed by atoms with Gasteiger partial charge >= 0.3 is 0 Å². The monoisotopic (exact) mass is 261 g/mol. The summed E-state index contributed by atoms with van der Waals surface area (Å²) in [5.74, 6) is 0.159. The maximum atomic E-state index is 11.9. The summed E-state index contributed by atoms with van der Waals surface area (Å²) in [6.45, 7) is 3.68. The highest BCUT2D eigenvalue weighted by molar-refractivity contribution is 5.76. The van der Waals surface area contributed by atoms with Crippen LogP contribution in [0.25, 0.3) is 0 Å². The smallest absolute Gasteiger partial charge is 0.220 e. The summed E-state index contributed by atoms with van der Waals surface area (Å²) in [6.07, 6.45) is 4.33. The van der Waals surface area contributed by atoms with Gasteiger partial charge in [-0.15, -0.1) is 0 Å². The number of amides is 1. The molecular formula is C16H23NO2. The number of nitrogens with one attached hydrogen (secondary N) is 1. The molecule has 0 bridgehead atoms. The molecule has 2 rings (SSSR count). The molecule has 104 valence electrons. The highest BCUT2D eigenvalue weighted by Crippen LogP contribution is 2.09. The Morgan fingerprint density at radius 3 is 2.47 bits per heavy atom. The van der Waals surface area contributed by atoms with Crippen molar-refractivity contribution in [1.82, 2.24) is 5.32 Å². The van der Waals surface area contributed by atoms with Crippen LogP contribution in [0.5, 0.6) is 0 Å². The SMILES string of the molecule is CCc1ccc(CCC(=O)NC2CCOCC2)cc1. The number of hydrogen-bond acceptors (Lipinski definition) is 2. The van der Waals surface area contributed by atoms with Crippen LogP contribution >= 0.6 is 0 Å². The molecule has 0 spiro atoms. The molecule has 1 N–H and O–H groups in total. The lowest BCUT2D eigenvalue weighted by molar-refractivity contribution is -0.122. The minimum Gasteiger partial charge on any atom is -0.381 e. The first kappa shape index (κ1) is 14.1. The molecule has 3 heteroatoms. The van der Waals surface area contributed by atoms with Crippen LogP contribution in [-0.2, 0) is 22.4 Å². The largest absolute Gasteiger partial charge is 0.381 e. The third kappa shape index (κ3) is 4.67. The van der Waals surface area contributed by atoms with E-state index < -0.39 is 0 Å². The van der Waals surface area contributed by atoms with Gasteiger partial charge in [-0.25, -0.2) is 0 Å². The lowest BCUT2D eigenvalue weighted by Crippen LogP contribution is -2.38. The zero-order valence-electron chi connectivity index (χ0n) is 11.7. The fourth-order valence-electron chi connectivity index (χ4n) is 2.34. The number of benzene rings is 1. The summed E-state index contributed by atoms with van der Waals surface area (Å²) in [5, 5.41) is 3.09. The highest BCUT2D eigenvalue weighted by atomic mass is 16.5. The standard InChI is InChI=1S/C16H23NO2/c1-2-13-3-5-14(6-4-13)7-8-16(18)17-15-9-11-19-12-10-15/h3-6,15H,2,7-12H2,1H3,(H,17,18). The predicted octanol–water partition coefficient (Wildman–Crippen LogP) is 2.48. The zero-order chi connectivity index (χ0) is 13.5. The van der Waals surface area contributed by atoms with Crippen LogP contribution in [0.15, 0.2) is 24.3 Å². The topological polar surface area (TPSA) is 38.3 Å². The van der Waals surface area contributed by atoms with Crippen LogP contribution in [-0.4, -0.2) is 25.2 Å². The Morgan fingerprint density at radius 1 is 1.21 bits per heavy atom. The minimum absolute atomic E-state index is 0.159. The molecule has 0 aliphatic carbocycles. The van der Waals surface area contributed by atoms with Crippen molar-refractivity contribution in [3.63, 3.8) is 0 Å². The summed E-state index contributed by atoms with van der Waals surface area (Å²) in [6, 6.07) is 8.85. The van der Waals surface area contributed by atoms with Gasteiger partial charge in [-0.1, -0.05) is 31.2 Å². The molecule has 1 aromatic rings. The van der Waals surface area contributed by atoms with Gasteiger partial charge in [-0.05, 0) is 36.8 Å². The van der Waals surface area contributed by atoms with Gasteiger partial charge in [-0.3, -0.25) is 4.79 Å². The molecule has 19 heavy (non-hydrogen) atoms. The van der Waals surface area contributed by atoms with Crippen molar-refractivity contribution in [2.24, 2.45) is 0 Å². The molecule has 3 nitrogen and oxygen atoms in total. The molecule has 1 fully saturated rings. The van der Waals surface area contributed by atoms with E-state index in [0.29, 0.717) is 12.5 Å². The van der Waals surface area contributed by atoms with Crippen molar-refractivity contribution < 1.29 is 9.53 Å². The van der Waals surface area contributed by atoms with E-state index in [0.717, 1.165) is 38.9 Å². The Labute approximate surface area is 115 Å². The third-order valence-electron chi connectivity index (χ3n) is 3.66. The predicted molar refractivity (Wildman–Crippen MR) is 76.1 cm³/mol. The van der Waals surface area contributed by atoms with E-state index in [1.807, 2.05) is 0 Å². The average molecular weight is 261 g/mol. The van der Waals surface area contributed by atoms with Gasteiger partial charge in [0.05, 0.1) is 0 Å². The summed E-state index contributed by atoms with van der Waals surface area (Å²) >= 11 is 0. The molecule has 1 saturated heterocycles. The number of aryl methyl sites for hydroxylation is 2. The summed E-state index contributed by atoms with van der Waals surface area (Å²) < 4.78 is 5.28. The fourth-order valence-corrected chi connectivity index (χ4v) is 2.34. The van der Waals surface area contributed by atoms with Gasteiger partial charge in [-0.2, -0.15) is 0 Å². The van der Waals surface area contributed by atoms with Crippen molar-refractivity contribution in [2.75, 3.05) is 13.2 Å². The molecule has 1 aromatic carbocycles. The molecule has 0 saturated carbocycles. The van der Waals surface area contributed by atoms with Gasteiger partial charge in [0, 0.05) is 25.7 Å². The van der Waals surface area contributed by atoms with Crippen LogP contribution < -0.4 is 5.32 Å². The van der Waals surface area contributed by atoms with Crippen molar-refractivity contribution in [2.45, 2.75) is 45.1 Å². The van der Waals surface area contributed by atoms with Crippen molar-refractivity contribution in [1.29, 1.82) is 0 Å². The molecule has 1 amide bonds. The average Bonchev–Trinajstić information content (AvgIpc) is 2.47. The van der Waals surface area contributed by atoms with Gasteiger partial charge in [0.25, 0.3) is 0 Å². The molecular weight excluding hydrogens is 238 g/mol.